The molecule has 0 fully saturated rings. The zero-order chi connectivity index (χ0) is 6.41. The van der Waals surface area contributed by atoms with Crippen LogP contribution in [0.3, 0.4) is 0 Å². The first-order valence-corrected chi connectivity index (χ1v) is 2.84. The Balaban J connectivity index is 2.97. The van der Waals surface area contributed by atoms with E-state index in [0.29, 0.717) is 12.3 Å². The molecule has 0 saturated carbocycles. The monoisotopic (exact) mass is 114 g/mol. The molecule has 1 N–H and O–H groups in total. The molecule has 8 heavy (non-hydrogen) atoms. The van der Waals surface area contributed by atoms with E-state index >= 15 is 0 Å². The van der Waals surface area contributed by atoms with Gasteiger partial charge in [-0.25, -0.2) is 0 Å². The summed E-state index contributed by atoms with van der Waals surface area (Å²) in [5, 5.41) is 2.49. The van der Waals surface area contributed by atoms with Crippen LogP contribution < -0.4 is 5.32 Å². The van der Waals surface area contributed by atoms with Gasteiger partial charge in [0.15, 0.2) is 0 Å². The van der Waals surface area contributed by atoms with Crippen molar-refractivity contribution in [3.63, 3.8) is 0 Å². The molecule has 0 aromatic rings. The van der Waals surface area contributed by atoms with Crippen molar-refractivity contribution in [3.8, 4) is 0 Å². The van der Waals surface area contributed by atoms with Crippen molar-refractivity contribution in [1.29, 1.82) is 0 Å². The molecule has 1 radical (unpaired) electrons. The zero-order valence-electron chi connectivity index (χ0n) is 5.35. The van der Waals surface area contributed by atoms with E-state index in [1.807, 2.05) is 0 Å². The molecular weight excluding hydrogens is 102 g/mol. The van der Waals surface area contributed by atoms with E-state index in [1.165, 1.54) is 0 Å². The molecule has 0 bridgehead atoms. The van der Waals surface area contributed by atoms with Crippen LogP contribution in [0.2, 0.25) is 0 Å². The molecule has 0 spiro atoms. The molecule has 0 aliphatic rings. The fourth-order valence-electron chi connectivity index (χ4n) is 0.321. The number of amides is 1. The van der Waals surface area contributed by atoms with E-state index in [-0.39, 0.29) is 0 Å². The second-order valence-corrected chi connectivity index (χ2v) is 1.84. The quantitative estimate of drug-likeness (QED) is 0.541. The number of rotatable bonds is 4. The van der Waals surface area contributed by atoms with Gasteiger partial charge in [0, 0.05) is 0 Å². The van der Waals surface area contributed by atoms with Crippen molar-refractivity contribution in [1.82, 2.24) is 5.32 Å². The minimum Gasteiger partial charge on any atom is -0.354 e. The topological polar surface area (TPSA) is 29.1 Å². The molecule has 0 aliphatic heterocycles. The average molecular weight is 114 g/mol. The summed E-state index contributed by atoms with van der Waals surface area (Å²) in [5.41, 5.74) is 0. The first-order valence-electron chi connectivity index (χ1n) is 2.84. The van der Waals surface area contributed by atoms with Gasteiger partial charge in [0.2, 0.25) is 6.41 Å². The van der Waals surface area contributed by atoms with Gasteiger partial charge in [-0.3, -0.25) is 4.79 Å². The maximum atomic E-state index is 9.68. The zero-order valence-corrected chi connectivity index (χ0v) is 5.35. The van der Waals surface area contributed by atoms with Crippen molar-refractivity contribution in [2.24, 2.45) is 5.92 Å². The lowest BCUT2D eigenvalue weighted by Crippen LogP contribution is -2.11. The Bertz CT molecular complexity index is 63.5. The fourth-order valence-corrected chi connectivity index (χ4v) is 0.321. The van der Waals surface area contributed by atoms with E-state index in [2.05, 4.69) is 19.2 Å². The van der Waals surface area contributed by atoms with Crippen LogP contribution in [0.5, 0.6) is 0 Å². The van der Waals surface area contributed by atoms with Crippen LogP contribution in [0.25, 0.3) is 0 Å². The van der Waals surface area contributed by atoms with Crippen molar-refractivity contribution >= 4 is 6.41 Å². The number of carbonyl (C=O) groups is 1. The second-order valence-electron chi connectivity index (χ2n) is 1.84. The standard InChI is InChI=1S/C6H12NO/c1-3-6(2)4-7-5-8/h4-6H,3H2,1-2H3,(H,7,8). The van der Waals surface area contributed by atoms with Crippen molar-refractivity contribution in [2.45, 2.75) is 20.3 Å². The van der Waals surface area contributed by atoms with E-state index in [1.54, 1.807) is 6.54 Å². The van der Waals surface area contributed by atoms with Crippen LogP contribution in [-0.4, -0.2) is 6.41 Å². The highest BCUT2D eigenvalue weighted by Gasteiger charge is 1.94. The SMILES string of the molecule is CCC(C)[CH]NC=O. The van der Waals surface area contributed by atoms with Crippen LogP contribution in [0, 0.1) is 12.5 Å². The molecule has 0 aliphatic carbocycles. The molecule has 2 nitrogen and oxygen atoms in total. The Morgan fingerprint density at radius 2 is 2.38 bits per heavy atom. The molecule has 1 unspecified atom stereocenters. The van der Waals surface area contributed by atoms with E-state index < -0.39 is 0 Å². The molecule has 0 aromatic heterocycles. The number of nitrogens with one attached hydrogen (secondary N) is 1. The van der Waals surface area contributed by atoms with Gasteiger partial charge in [-0.1, -0.05) is 20.3 Å². The van der Waals surface area contributed by atoms with Crippen molar-refractivity contribution in [2.75, 3.05) is 0 Å². The van der Waals surface area contributed by atoms with Crippen LogP contribution in [0.4, 0.5) is 0 Å². The highest BCUT2D eigenvalue weighted by atomic mass is 16.1. The van der Waals surface area contributed by atoms with Crippen LogP contribution >= 0.6 is 0 Å². The highest BCUT2D eigenvalue weighted by molar-refractivity contribution is 5.47. The molecule has 1 amide bonds. The number of hydrogen-bond donors (Lipinski definition) is 1. The molecule has 1 atom stereocenters. The highest BCUT2D eigenvalue weighted by Crippen LogP contribution is 1.99. The summed E-state index contributed by atoms with van der Waals surface area (Å²) >= 11 is 0. The molecule has 0 heterocycles. The molecule has 2 heteroatoms. The predicted molar refractivity (Wildman–Crippen MR) is 33.0 cm³/mol. The van der Waals surface area contributed by atoms with Gasteiger partial charge in [-0.2, -0.15) is 0 Å². The van der Waals surface area contributed by atoms with E-state index in [0.717, 1.165) is 6.42 Å². The lowest BCUT2D eigenvalue weighted by atomic mass is 10.1. The van der Waals surface area contributed by atoms with Gasteiger partial charge in [0.25, 0.3) is 0 Å². The summed E-state index contributed by atoms with van der Waals surface area (Å²) in [6.07, 6.45) is 1.76. The second kappa shape index (κ2) is 4.62. The third-order valence-corrected chi connectivity index (χ3v) is 1.09. The fraction of sp³-hybridized carbons (Fsp3) is 0.667. The number of carbonyl (C=O) groups excluding carboxylic acids is 1. The van der Waals surface area contributed by atoms with Crippen LogP contribution in [0.15, 0.2) is 0 Å². The average Bonchev–Trinajstić information content (AvgIpc) is 1.83. The minimum atomic E-state index is 0.486. The van der Waals surface area contributed by atoms with Gasteiger partial charge in [-0.15, -0.1) is 0 Å². The maximum absolute atomic E-state index is 9.68. The lowest BCUT2D eigenvalue weighted by Gasteiger charge is -2.03. The third-order valence-electron chi connectivity index (χ3n) is 1.09. The third kappa shape index (κ3) is 3.65. The maximum Gasteiger partial charge on any atom is 0.207 e. The van der Waals surface area contributed by atoms with Gasteiger partial charge in [0.1, 0.15) is 0 Å². The Labute approximate surface area is 50.3 Å². The Hall–Kier alpha value is -0.530. The van der Waals surface area contributed by atoms with Gasteiger partial charge >= 0.3 is 0 Å². The van der Waals surface area contributed by atoms with Crippen LogP contribution in [-0.2, 0) is 4.79 Å². The summed E-state index contributed by atoms with van der Waals surface area (Å²) in [7, 11) is 0. The van der Waals surface area contributed by atoms with Crippen molar-refractivity contribution < 1.29 is 4.79 Å². The lowest BCUT2D eigenvalue weighted by molar-refractivity contribution is -0.109. The summed E-state index contributed by atoms with van der Waals surface area (Å²) in [6, 6.07) is 0. The summed E-state index contributed by atoms with van der Waals surface area (Å²) in [5.74, 6) is 0.486. The smallest absolute Gasteiger partial charge is 0.207 e. The van der Waals surface area contributed by atoms with E-state index in [9.17, 15) is 4.79 Å². The summed E-state index contributed by atoms with van der Waals surface area (Å²) < 4.78 is 0. The molecule has 47 valence electrons. The Morgan fingerprint density at radius 3 is 2.75 bits per heavy atom. The van der Waals surface area contributed by atoms with Gasteiger partial charge in [-0.05, 0) is 5.92 Å². The first-order chi connectivity index (χ1) is 3.81. The molecule has 0 rings (SSSR count). The Morgan fingerprint density at radius 1 is 1.75 bits per heavy atom. The van der Waals surface area contributed by atoms with E-state index in [4.69, 9.17) is 0 Å². The first kappa shape index (κ1) is 7.47. The molecule has 0 saturated heterocycles. The largest absolute Gasteiger partial charge is 0.354 e. The Kier molecular flexibility index (Phi) is 4.32. The van der Waals surface area contributed by atoms with Crippen molar-refractivity contribution in [3.05, 3.63) is 6.54 Å². The normalized spacial score (nSPS) is 12.8. The predicted octanol–water partition coefficient (Wildman–Crippen LogP) is 0.940. The molecular formula is C6H12NO. The van der Waals surface area contributed by atoms with Crippen LogP contribution in [0.1, 0.15) is 20.3 Å². The number of hydrogen-bond acceptors (Lipinski definition) is 1. The van der Waals surface area contributed by atoms with Gasteiger partial charge in [0.05, 0.1) is 6.54 Å². The summed E-state index contributed by atoms with van der Waals surface area (Å²) in [6.45, 7) is 5.91. The van der Waals surface area contributed by atoms with Gasteiger partial charge < -0.3 is 5.32 Å². The minimum absolute atomic E-state index is 0.486. The summed E-state index contributed by atoms with van der Waals surface area (Å²) in [4.78, 5) is 9.68. The molecule has 0 aromatic carbocycles.